The summed E-state index contributed by atoms with van der Waals surface area (Å²) in [4.78, 5) is 12.2. The van der Waals surface area contributed by atoms with E-state index >= 15 is 0 Å². The smallest absolute Gasteiger partial charge is 0.259 e. The molecule has 116 valence electrons. The van der Waals surface area contributed by atoms with Gasteiger partial charge in [0.15, 0.2) is 17.5 Å². The van der Waals surface area contributed by atoms with Crippen LogP contribution in [0.4, 0.5) is 18.9 Å². The van der Waals surface area contributed by atoms with Gasteiger partial charge in [0, 0.05) is 0 Å². The molecule has 0 bridgehead atoms. The zero-order chi connectivity index (χ0) is 16.3. The predicted molar refractivity (Wildman–Crippen MR) is 73.8 cm³/mol. The van der Waals surface area contributed by atoms with Gasteiger partial charge in [0.2, 0.25) is 0 Å². The quantitative estimate of drug-likeness (QED) is 0.881. The number of anilines is 1. The number of halogens is 3. The second kappa shape index (κ2) is 6.38. The highest BCUT2D eigenvalue weighted by Crippen LogP contribution is 2.26. The van der Waals surface area contributed by atoms with Crippen molar-refractivity contribution in [3.63, 3.8) is 0 Å². The third-order valence-corrected chi connectivity index (χ3v) is 2.93. The van der Waals surface area contributed by atoms with E-state index in [4.69, 9.17) is 9.47 Å². The third-order valence-electron chi connectivity index (χ3n) is 2.93. The summed E-state index contributed by atoms with van der Waals surface area (Å²) >= 11 is 0. The summed E-state index contributed by atoms with van der Waals surface area (Å²) in [5.41, 5.74) is -0.417. The number of nitrogens with one attached hydrogen (secondary N) is 1. The van der Waals surface area contributed by atoms with E-state index in [1.54, 1.807) is 6.07 Å². The maximum absolute atomic E-state index is 13.6. The summed E-state index contributed by atoms with van der Waals surface area (Å²) in [5, 5.41) is 2.16. The molecular formula is C15H12F3NO3. The number of carbonyl (C=O) groups is 1. The van der Waals surface area contributed by atoms with Crippen molar-refractivity contribution in [1.82, 2.24) is 0 Å². The van der Waals surface area contributed by atoms with E-state index in [9.17, 15) is 18.0 Å². The van der Waals surface area contributed by atoms with Crippen LogP contribution < -0.4 is 14.8 Å². The Morgan fingerprint density at radius 3 is 2.36 bits per heavy atom. The van der Waals surface area contributed by atoms with Gasteiger partial charge in [-0.3, -0.25) is 4.79 Å². The predicted octanol–water partition coefficient (Wildman–Crippen LogP) is 3.37. The molecule has 0 radical (unpaired) electrons. The van der Waals surface area contributed by atoms with Crippen LogP contribution in [0.25, 0.3) is 0 Å². The molecule has 0 saturated heterocycles. The lowest BCUT2D eigenvalue weighted by molar-refractivity contribution is 0.102. The first kappa shape index (κ1) is 15.7. The molecule has 1 amide bonds. The highest BCUT2D eigenvalue weighted by Gasteiger charge is 2.18. The molecule has 2 aromatic rings. The number of rotatable bonds is 4. The Labute approximate surface area is 124 Å². The second-order valence-corrected chi connectivity index (χ2v) is 4.24. The van der Waals surface area contributed by atoms with Crippen LogP contribution >= 0.6 is 0 Å². The van der Waals surface area contributed by atoms with E-state index in [0.717, 1.165) is 12.1 Å². The fraction of sp³-hybridized carbons (Fsp3) is 0.133. The molecule has 2 aromatic carbocycles. The molecule has 0 fully saturated rings. The minimum absolute atomic E-state index is 0.0611. The van der Waals surface area contributed by atoms with Gasteiger partial charge in [-0.05, 0) is 30.3 Å². The number of carbonyl (C=O) groups excluding carboxylic acids is 1. The van der Waals surface area contributed by atoms with Crippen LogP contribution in [0, 0.1) is 17.5 Å². The molecule has 0 heterocycles. The highest BCUT2D eigenvalue weighted by molar-refractivity contribution is 6.06. The topological polar surface area (TPSA) is 47.6 Å². The zero-order valence-electron chi connectivity index (χ0n) is 11.7. The van der Waals surface area contributed by atoms with Gasteiger partial charge in [-0.25, -0.2) is 13.2 Å². The molecule has 22 heavy (non-hydrogen) atoms. The Kier molecular flexibility index (Phi) is 4.55. The average molecular weight is 311 g/mol. The summed E-state index contributed by atoms with van der Waals surface area (Å²) in [6.07, 6.45) is 0. The number of benzene rings is 2. The van der Waals surface area contributed by atoms with E-state index in [0.29, 0.717) is 5.75 Å². The molecule has 0 aliphatic rings. The molecule has 0 aliphatic heterocycles. The van der Waals surface area contributed by atoms with Crippen molar-refractivity contribution in [1.29, 1.82) is 0 Å². The number of hydrogen-bond donors (Lipinski definition) is 1. The lowest BCUT2D eigenvalue weighted by atomic mass is 10.1. The van der Waals surface area contributed by atoms with Crippen LogP contribution in [0.3, 0.4) is 0 Å². The monoisotopic (exact) mass is 311 g/mol. The fourth-order valence-corrected chi connectivity index (χ4v) is 1.80. The second-order valence-electron chi connectivity index (χ2n) is 4.24. The van der Waals surface area contributed by atoms with Gasteiger partial charge in [-0.1, -0.05) is 0 Å². The normalized spacial score (nSPS) is 10.2. The van der Waals surface area contributed by atoms with Crippen LogP contribution in [-0.4, -0.2) is 20.1 Å². The molecule has 4 nitrogen and oxygen atoms in total. The number of ether oxygens (including phenoxy) is 2. The summed E-state index contributed by atoms with van der Waals surface area (Å²) in [6.45, 7) is 0. The molecule has 0 unspecified atom stereocenters. The van der Waals surface area contributed by atoms with Gasteiger partial charge < -0.3 is 14.8 Å². The molecule has 0 aromatic heterocycles. The van der Waals surface area contributed by atoms with Crippen LogP contribution in [0.15, 0.2) is 30.3 Å². The van der Waals surface area contributed by atoms with Crippen molar-refractivity contribution in [3.8, 4) is 11.5 Å². The Bertz CT molecular complexity index is 719. The summed E-state index contributed by atoms with van der Waals surface area (Å²) in [7, 11) is 2.77. The molecule has 7 heteroatoms. The van der Waals surface area contributed by atoms with Crippen molar-refractivity contribution in [2.45, 2.75) is 0 Å². The van der Waals surface area contributed by atoms with Gasteiger partial charge >= 0.3 is 0 Å². The maximum Gasteiger partial charge on any atom is 0.259 e. The Balaban J connectivity index is 2.35. The van der Waals surface area contributed by atoms with Crippen molar-refractivity contribution < 1.29 is 27.4 Å². The summed E-state index contributed by atoms with van der Waals surface area (Å²) < 4.78 is 49.6. The molecule has 0 atom stereocenters. The maximum atomic E-state index is 13.6. The van der Waals surface area contributed by atoms with Crippen molar-refractivity contribution in [2.75, 3.05) is 19.5 Å². The van der Waals surface area contributed by atoms with Crippen LogP contribution in [0.5, 0.6) is 11.5 Å². The first-order valence-corrected chi connectivity index (χ1v) is 6.14. The summed E-state index contributed by atoms with van der Waals surface area (Å²) in [6, 6.07) is 6.10. The summed E-state index contributed by atoms with van der Waals surface area (Å²) in [5.74, 6) is -4.61. The first-order valence-electron chi connectivity index (χ1n) is 6.14. The largest absolute Gasteiger partial charge is 0.497 e. The number of hydrogen-bond acceptors (Lipinski definition) is 3. The van der Waals surface area contributed by atoms with Crippen molar-refractivity contribution in [3.05, 3.63) is 53.3 Å². The molecule has 0 saturated carbocycles. The minimum Gasteiger partial charge on any atom is -0.497 e. The zero-order valence-corrected chi connectivity index (χ0v) is 11.7. The molecule has 2 rings (SSSR count). The SMILES string of the molecule is COc1ccc(OC)c(C(=O)Nc2ccc(F)c(F)c2F)c1. The average Bonchev–Trinajstić information content (AvgIpc) is 2.54. The van der Waals surface area contributed by atoms with E-state index in [2.05, 4.69) is 5.32 Å². The Morgan fingerprint density at radius 2 is 1.73 bits per heavy atom. The number of methoxy groups -OCH3 is 2. The van der Waals surface area contributed by atoms with Crippen LogP contribution in [0.2, 0.25) is 0 Å². The highest BCUT2D eigenvalue weighted by atomic mass is 19.2. The van der Waals surface area contributed by atoms with Gasteiger partial charge in [-0.15, -0.1) is 0 Å². The fourth-order valence-electron chi connectivity index (χ4n) is 1.80. The van der Waals surface area contributed by atoms with Gasteiger partial charge in [0.05, 0.1) is 25.5 Å². The first-order chi connectivity index (χ1) is 10.5. The van der Waals surface area contributed by atoms with Gasteiger partial charge in [0.1, 0.15) is 11.5 Å². The molecule has 0 aliphatic carbocycles. The minimum atomic E-state index is -1.66. The van der Waals surface area contributed by atoms with Crippen molar-refractivity contribution in [2.24, 2.45) is 0 Å². The third kappa shape index (κ3) is 2.98. The van der Waals surface area contributed by atoms with E-state index < -0.39 is 29.0 Å². The van der Waals surface area contributed by atoms with Gasteiger partial charge in [0.25, 0.3) is 5.91 Å². The molecule has 1 N–H and O–H groups in total. The van der Waals surface area contributed by atoms with Gasteiger partial charge in [-0.2, -0.15) is 0 Å². The lowest BCUT2D eigenvalue weighted by Gasteiger charge is -2.11. The lowest BCUT2D eigenvalue weighted by Crippen LogP contribution is -2.15. The Morgan fingerprint density at radius 1 is 1.00 bits per heavy atom. The molecular weight excluding hydrogens is 299 g/mol. The number of amides is 1. The van der Waals surface area contributed by atoms with E-state index in [1.807, 2.05) is 0 Å². The van der Waals surface area contributed by atoms with Crippen LogP contribution in [0.1, 0.15) is 10.4 Å². The Hall–Kier alpha value is -2.70. The van der Waals surface area contributed by atoms with Crippen molar-refractivity contribution >= 4 is 11.6 Å². The van der Waals surface area contributed by atoms with E-state index in [1.165, 1.54) is 26.4 Å². The standard InChI is InChI=1S/C15H12F3NO3/c1-21-8-3-6-12(22-2)9(7-8)15(20)19-11-5-4-10(16)13(17)14(11)18/h3-7H,1-2H3,(H,19,20). The van der Waals surface area contributed by atoms with Crippen LogP contribution in [-0.2, 0) is 0 Å². The van der Waals surface area contributed by atoms with E-state index in [-0.39, 0.29) is 11.3 Å². The molecule has 0 spiro atoms.